The van der Waals surface area contributed by atoms with E-state index in [1.807, 2.05) is 0 Å². The second-order valence-electron chi connectivity index (χ2n) is 5.21. The maximum Gasteiger partial charge on any atom is 0.247 e. The van der Waals surface area contributed by atoms with Gasteiger partial charge in [-0.1, -0.05) is 41.9 Å². The van der Waals surface area contributed by atoms with E-state index in [-0.39, 0.29) is 10.7 Å². The van der Waals surface area contributed by atoms with Gasteiger partial charge in [0.1, 0.15) is 11.9 Å². The molecule has 0 aromatic heterocycles. The minimum absolute atomic E-state index is 0.138. The molecule has 2 aromatic carbocycles. The first-order valence-corrected chi connectivity index (χ1v) is 9.16. The predicted octanol–water partition coefficient (Wildman–Crippen LogP) is 3.05. The van der Waals surface area contributed by atoms with Crippen molar-refractivity contribution in [2.75, 3.05) is 18.6 Å². The van der Waals surface area contributed by atoms with Crippen LogP contribution in [0.3, 0.4) is 0 Å². The quantitative estimate of drug-likeness (QED) is 0.879. The predicted molar refractivity (Wildman–Crippen MR) is 91.8 cm³/mol. The van der Waals surface area contributed by atoms with Gasteiger partial charge < -0.3 is 5.32 Å². The van der Waals surface area contributed by atoms with E-state index in [9.17, 15) is 17.6 Å². The number of hydrogen-bond acceptors (Lipinski definition) is 3. The SMILES string of the molecule is CN([C@H](C(=O)Nc1ccc(F)c(Cl)c1)c1ccccc1)S(C)(=O)=O. The number of rotatable bonds is 5. The van der Waals surface area contributed by atoms with Gasteiger partial charge in [0.15, 0.2) is 0 Å². The van der Waals surface area contributed by atoms with E-state index in [0.717, 1.165) is 16.6 Å². The molecule has 128 valence electrons. The topological polar surface area (TPSA) is 66.5 Å². The van der Waals surface area contributed by atoms with E-state index < -0.39 is 27.8 Å². The minimum Gasteiger partial charge on any atom is -0.324 e. The van der Waals surface area contributed by atoms with E-state index in [1.54, 1.807) is 30.3 Å². The zero-order valence-electron chi connectivity index (χ0n) is 13.0. The third-order valence-electron chi connectivity index (χ3n) is 3.44. The Morgan fingerprint density at radius 1 is 1.21 bits per heavy atom. The Hall–Kier alpha value is -1.96. The Balaban J connectivity index is 2.36. The standard InChI is InChI=1S/C16H16ClFN2O3S/c1-20(24(2,22)23)15(11-6-4-3-5-7-11)16(21)19-12-8-9-14(18)13(17)10-12/h3-10,15H,1-2H3,(H,19,21)/t15-/m0/s1. The summed E-state index contributed by atoms with van der Waals surface area (Å²) < 4.78 is 37.9. The number of nitrogens with one attached hydrogen (secondary N) is 1. The number of amides is 1. The van der Waals surface area contributed by atoms with Crippen LogP contribution in [0.15, 0.2) is 48.5 Å². The number of likely N-dealkylation sites (N-methyl/N-ethyl adjacent to an activating group) is 1. The molecule has 8 heteroatoms. The first-order chi connectivity index (χ1) is 11.2. The smallest absolute Gasteiger partial charge is 0.247 e. The molecule has 0 saturated carbocycles. The summed E-state index contributed by atoms with van der Waals surface area (Å²) in [5.74, 6) is -1.18. The molecular formula is C16H16ClFN2O3S. The minimum atomic E-state index is -3.62. The molecule has 0 spiro atoms. The Morgan fingerprint density at radius 3 is 2.38 bits per heavy atom. The van der Waals surface area contributed by atoms with Crippen LogP contribution in [0.25, 0.3) is 0 Å². The van der Waals surface area contributed by atoms with Gasteiger partial charge in [0.05, 0.1) is 11.3 Å². The van der Waals surface area contributed by atoms with Crippen molar-refractivity contribution in [3.8, 4) is 0 Å². The highest BCUT2D eigenvalue weighted by Crippen LogP contribution is 2.25. The van der Waals surface area contributed by atoms with Gasteiger partial charge in [-0.2, -0.15) is 4.31 Å². The first-order valence-electron chi connectivity index (χ1n) is 6.94. The Kier molecular flexibility index (Phi) is 5.58. The molecule has 0 saturated heterocycles. The van der Waals surface area contributed by atoms with Crippen LogP contribution in [0.4, 0.5) is 10.1 Å². The fourth-order valence-corrected chi connectivity index (χ4v) is 2.92. The van der Waals surface area contributed by atoms with Crippen molar-refractivity contribution < 1.29 is 17.6 Å². The van der Waals surface area contributed by atoms with Gasteiger partial charge >= 0.3 is 0 Å². The van der Waals surface area contributed by atoms with E-state index in [0.29, 0.717) is 5.56 Å². The third-order valence-corrected chi connectivity index (χ3v) is 4.98. The second-order valence-corrected chi connectivity index (χ2v) is 7.66. The van der Waals surface area contributed by atoms with Crippen LogP contribution in [-0.4, -0.2) is 31.9 Å². The van der Waals surface area contributed by atoms with Crippen LogP contribution in [0.2, 0.25) is 5.02 Å². The molecule has 0 unspecified atom stereocenters. The molecule has 5 nitrogen and oxygen atoms in total. The zero-order valence-corrected chi connectivity index (χ0v) is 14.6. The van der Waals surface area contributed by atoms with Crippen molar-refractivity contribution in [1.82, 2.24) is 4.31 Å². The van der Waals surface area contributed by atoms with Gasteiger partial charge in [-0.25, -0.2) is 12.8 Å². The van der Waals surface area contributed by atoms with Crippen molar-refractivity contribution in [1.29, 1.82) is 0 Å². The summed E-state index contributed by atoms with van der Waals surface area (Å²) in [6, 6.07) is 11.2. The van der Waals surface area contributed by atoms with Crippen molar-refractivity contribution in [3.63, 3.8) is 0 Å². The van der Waals surface area contributed by atoms with Crippen LogP contribution >= 0.6 is 11.6 Å². The number of carbonyl (C=O) groups is 1. The van der Waals surface area contributed by atoms with E-state index in [2.05, 4.69) is 5.32 Å². The molecular weight excluding hydrogens is 355 g/mol. The summed E-state index contributed by atoms with van der Waals surface area (Å²) >= 11 is 5.70. The van der Waals surface area contributed by atoms with Gasteiger partial charge in [-0.15, -0.1) is 0 Å². The lowest BCUT2D eigenvalue weighted by molar-refractivity contribution is -0.119. The molecule has 1 N–H and O–H groups in total. The number of carbonyl (C=O) groups excluding carboxylic acids is 1. The van der Waals surface area contributed by atoms with Crippen LogP contribution in [0, 0.1) is 5.82 Å². The van der Waals surface area contributed by atoms with E-state index in [1.165, 1.54) is 19.2 Å². The molecule has 24 heavy (non-hydrogen) atoms. The van der Waals surface area contributed by atoms with E-state index in [4.69, 9.17) is 11.6 Å². The van der Waals surface area contributed by atoms with Gasteiger partial charge in [-0.05, 0) is 23.8 Å². The number of nitrogens with zero attached hydrogens (tertiary/aromatic N) is 1. The van der Waals surface area contributed by atoms with Crippen molar-refractivity contribution in [2.45, 2.75) is 6.04 Å². The van der Waals surface area contributed by atoms with Crippen LogP contribution in [0.5, 0.6) is 0 Å². The van der Waals surface area contributed by atoms with Gasteiger partial charge in [0.25, 0.3) is 0 Å². The Labute approximate surface area is 145 Å². The second kappa shape index (κ2) is 7.29. The average molecular weight is 371 g/mol. The maximum absolute atomic E-state index is 13.2. The van der Waals surface area contributed by atoms with Crippen molar-refractivity contribution in [3.05, 3.63) is 64.9 Å². The Bertz CT molecular complexity index is 844. The normalized spacial score (nSPS) is 12.9. The molecule has 0 radical (unpaired) electrons. The molecule has 0 heterocycles. The molecule has 0 fully saturated rings. The highest BCUT2D eigenvalue weighted by molar-refractivity contribution is 7.88. The molecule has 0 aliphatic heterocycles. The number of benzene rings is 2. The first kappa shape index (κ1) is 18.4. The van der Waals surface area contributed by atoms with Gasteiger partial charge in [0, 0.05) is 12.7 Å². The maximum atomic E-state index is 13.2. The average Bonchev–Trinajstić information content (AvgIpc) is 2.51. The summed E-state index contributed by atoms with van der Waals surface area (Å²) in [5, 5.41) is 2.43. The summed E-state index contributed by atoms with van der Waals surface area (Å²) in [6.07, 6.45) is 1.02. The number of hydrogen-bond donors (Lipinski definition) is 1. The Morgan fingerprint density at radius 2 is 1.83 bits per heavy atom. The summed E-state index contributed by atoms with van der Waals surface area (Å²) in [6.45, 7) is 0. The fourth-order valence-electron chi connectivity index (χ4n) is 2.14. The van der Waals surface area contributed by atoms with Gasteiger partial charge in [-0.3, -0.25) is 4.79 Å². The largest absolute Gasteiger partial charge is 0.324 e. The van der Waals surface area contributed by atoms with Crippen LogP contribution < -0.4 is 5.32 Å². The lowest BCUT2D eigenvalue weighted by Crippen LogP contribution is -2.38. The summed E-state index contributed by atoms with van der Waals surface area (Å²) in [7, 11) is -2.29. The summed E-state index contributed by atoms with van der Waals surface area (Å²) in [4.78, 5) is 12.6. The summed E-state index contributed by atoms with van der Waals surface area (Å²) in [5.41, 5.74) is 0.783. The molecule has 0 aliphatic rings. The fraction of sp³-hybridized carbons (Fsp3) is 0.188. The van der Waals surface area contributed by atoms with Crippen molar-refractivity contribution >= 4 is 33.2 Å². The molecule has 0 bridgehead atoms. The zero-order chi connectivity index (χ0) is 17.9. The third kappa shape index (κ3) is 4.31. The molecule has 1 amide bonds. The monoisotopic (exact) mass is 370 g/mol. The van der Waals surface area contributed by atoms with E-state index >= 15 is 0 Å². The lowest BCUT2D eigenvalue weighted by atomic mass is 10.1. The number of halogens is 2. The number of anilines is 1. The van der Waals surface area contributed by atoms with Crippen molar-refractivity contribution in [2.24, 2.45) is 0 Å². The van der Waals surface area contributed by atoms with Crippen LogP contribution in [-0.2, 0) is 14.8 Å². The molecule has 2 aromatic rings. The molecule has 1 atom stereocenters. The van der Waals surface area contributed by atoms with Gasteiger partial charge in [0.2, 0.25) is 15.9 Å². The molecule has 0 aliphatic carbocycles. The highest BCUT2D eigenvalue weighted by atomic mass is 35.5. The lowest BCUT2D eigenvalue weighted by Gasteiger charge is -2.25. The highest BCUT2D eigenvalue weighted by Gasteiger charge is 2.30. The molecule has 2 rings (SSSR count). The number of sulfonamides is 1. The van der Waals surface area contributed by atoms with Crippen LogP contribution in [0.1, 0.15) is 11.6 Å².